The summed E-state index contributed by atoms with van der Waals surface area (Å²) in [5.74, 6) is 0.548. The Kier molecular flexibility index (Phi) is 6.17. The molecule has 0 aromatic heterocycles. The predicted octanol–water partition coefficient (Wildman–Crippen LogP) is 10.0. The van der Waals surface area contributed by atoms with Crippen LogP contribution >= 0.6 is 0 Å². The fourth-order valence-electron chi connectivity index (χ4n) is 7.37. The highest BCUT2D eigenvalue weighted by molar-refractivity contribution is 6.62. The Hall–Kier alpha value is -4.18. The van der Waals surface area contributed by atoms with E-state index in [1.807, 2.05) is 0 Å². The normalized spacial score (nSPS) is 20.4. The van der Waals surface area contributed by atoms with Crippen molar-refractivity contribution in [2.75, 3.05) is 0 Å². The largest absolute Gasteiger partial charge is 0.494 e. The highest BCUT2D eigenvalue weighted by atomic mass is 16.7. The molecule has 8 rings (SSSR count). The summed E-state index contributed by atoms with van der Waals surface area (Å²) in [7, 11) is -0.359. The molecular formula is C41H37BO2. The SMILES string of the molecule is CC1c2ccc(B3OC(C)(C)C(C)(C)O3)cc2C=CC1c1c2ccccc2c(-c2ccc3ccccc3c2)c2ccccc12. The molecule has 1 fully saturated rings. The molecule has 0 radical (unpaired) electrons. The van der Waals surface area contributed by atoms with Crippen molar-refractivity contribution in [3.63, 3.8) is 0 Å². The van der Waals surface area contributed by atoms with Crippen LogP contribution in [0, 0.1) is 0 Å². The van der Waals surface area contributed by atoms with Crippen molar-refractivity contribution in [3.8, 4) is 11.1 Å². The third kappa shape index (κ3) is 4.18. The van der Waals surface area contributed by atoms with E-state index in [1.54, 1.807) is 0 Å². The van der Waals surface area contributed by atoms with Gasteiger partial charge in [-0.05, 0) is 105 Å². The number of hydrogen-bond donors (Lipinski definition) is 0. The van der Waals surface area contributed by atoms with E-state index in [0.717, 1.165) is 5.46 Å². The standard InChI is InChI=1S/C41H37BO2/c1-26-32-23-21-31(42-43-40(2,3)41(4,5)44-42)25-29(32)20-22-33(26)39-36-16-10-8-14-34(36)38(35-15-9-11-17-37(35)39)30-19-18-27-12-6-7-13-28(27)24-30/h6-26,33H,1-5H3. The summed E-state index contributed by atoms with van der Waals surface area (Å²) in [6, 6.07) is 40.2. The lowest BCUT2D eigenvalue weighted by Gasteiger charge is -2.32. The van der Waals surface area contributed by atoms with Gasteiger partial charge < -0.3 is 9.31 Å². The van der Waals surface area contributed by atoms with E-state index < -0.39 is 0 Å². The van der Waals surface area contributed by atoms with E-state index in [-0.39, 0.29) is 24.2 Å². The van der Waals surface area contributed by atoms with Gasteiger partial charge >= 0.3 is 7.12 Å². The van der Waals surface area contributed by atoms with Crippen LogP contribution < -0.4 is 5.46 Å². The molecule has 1 aliphatic carbocycles. The molecule has 0 saturated carbocycles. The van der Waals surface area contributed by atoms with Crippen molar-refractivity contribution >= 4 is 51.0 Å². The van der Waals surface area contributed by atoms with Gasteiger partial charge in [-0.3, -0.25) is 0 Å². The monoisotopic (exact) mass is 572 g/mol. The first-order chi connectivity index (χ1) is 21.2. The van der Waals surface area contributed by atoms with Crippen LogP contribution in [0.5, 0.6) is 0 Å². The molecule has 0 spiro atoms. The zero-order valence-electron chi connectivity index (χ0n) is 26.1. The molecule has 2 atom stereocenters. The van der Waals surface area contributed by atoms with Gasteiger partial charge in [-0.1, -0.05) is 122 Å². The van der Waals surface area contributed by atoms with Crippen molar-refractivity contribution in [2.45, 2.75) is 57.7 Å². The summed E-state index contributed by atoms with van der Waals surface area (Å²) in [6.45, 7) is 10.8. The van der Waals surface area contributed by atoms with Crippen molar-refractivity contribution in [1.82, 2.24) is 0 Å². The summed E-state index contributed by atoms with van der Waals surface area (Å²) in [5.41, 5.74) is 6.96. The zero-order chi connectivity index (χ0) is 30.2. The smallest absolute Gasteiger partial charge is 0.399 e. The van der Waals surface area contributed by atoms with E-state index in [2.05, 4.69) is 156 Å². The van der Waals surface area contributed by atoms with Gasteiger partial charge in [0.25, 0.3) is 0 Å². The molecular weight excluding hydrogens is 535 g/mol. The average Bonchev–Trinajstić information content (AvgIpc) is 3.26. The summed E-state index contributed by atoms with van der Waals surface area (Å²) in [5, 5.41) is 7.80. The first kappa shape index (κ1) is 27.4. The summed E-state index contributed by atoms with van der Waals surface area (Å²) >= 11 is 0. The van der Waals surface area contributed by atoms with Gasteiger partial charge in [-0.25, -0.2) is 0 Å². The van der Waals surface area contributed by atoms with Crippen LogP contribution in [0.3, 0.4) is 0 Å². The lowest BCUT2D eigenvalue weighted by molar-refractivity contribution is 0.00578. The molecule has 2 unspecified atom stereocenters. The van der Waals surface area contributed by atoms with Gasteiger partial charge in [-0.2, -0.15) is 0 Å². The molecule has 44 heavy (non-hydrogen) atoms. The molecule has 6 aromatic rings. The molecule has 1 aliphatic heterocycles. The molecule has 0 amide bonds. The van der Waals surface area contributed by atoms with Gasteiger partial charge in [-0.15, -0.1) is 0 Å². The lowest BCUT2D eigenvalue weighted by atomic mass is 9.71. The highest BCUT2D eigenvalue weighted by Crippen LogP contribution is 2.48. The second-order valence-corrected chi connectivity index (χ2v) is 13.6. The summed E-state index contributed by atoms with van der Waals surface area (Å²) < 4.78 is 12.8. The first-order valence-corrected chi connectivity index (χ1v) is 15.8. The molecule has 3 heteroatoms. The minimum absolute atomic E-state index is 0.241. The van der Waals surface area contributed by atoms with Gasteiger partial charge in [0.1, 0.15) is 0 Å². The summed E-state index contributed by atoms with van der Waals surface area (Å²) in [4.78, 5) is 0. The summed E-state index contributed by atoms with van der Waals surface area (Å²) in [6.07, 6.45) is 4.74. The minimum Gasteiger partial charge on any atom is -0.399 e. The van der Waals surface area contributed by atoms with E-state index in [1.165, 1.54) is 60.1 Å². The number of hydrogen-bond acceptors (Lipinski definition) is 2. The van der Waals surface area contributed by atoms with Crippen LogP contribution in [-0.2, 0) is 9.31 Å². The topological polar surface area (TPSA) is 18.5 Å². The maximum absolute atomic E-state index is 6.38. The van der Waals surface area contributed by atoms with Gasteiger partial charge in [0.05, 0.1) is 11.2 Å². The Labute approximate surface area is 260 Å². The number of benzene rings is 6. The molecule has 2 aliphatic rings. The average molecular weight is 573 g/mol. The van der Waals surface area contributed by atoms with Crippen LogP contribution in [0.1, 0.15) is 63.1 Å². The quantitative estimate of drug-likeness (QED) is 0.155. The van der Waals surface area contributed by atoms with E-state index in [9.17, 15) is 0 Å². The third-order valence-corrected chi connectivity index (χ3v) is 10.5. The Morgan fingerprint density at radius 1 is 0.614 bits per heavy atom. The molecule has 216 valence electrons. The number of fused-ring (bicyclic) bond motifs is 4. The fraction of sp³-hybridized carbons (Fsp3) is 0.220. The molecule has 0 N–H and O–H groups in total. The Bertz CT molecular complexity index is 2050. The van der Waals surface area contributed by atoms with Crippen LogP contribution in [-0.4, -0.2) is 18.3 Å². The van der Waals surface area contributed by atoms with Gasteiger partial charge in [0.15, 0.2) is 0 Å². The second kappa shape index (κ2) is 9.92. The predicted molar refractivity (Wildman–Crippen MR) is 187 cm³/mol. The van der Waals surface area contributed by atoms with Crippen molar-refractivity contribution in [1.29, 1.82) is 0 Å². The van der Waals surface area contributed by atoms with Gasteiger partial charge in [0.2, 0.25) is 0 Å². The van der Waals surface area contributed by atoms with Crippen molar-refractivity contribution in [3.05, 3.63) is 132 Å². The molecule has 0 bridgehead atoms. The molecule has 6 aromatic carbocycles. The maximum Gasteiger partial charge on any atom is 0.494 e. The van der Waals surface area contributed by atoms with E-state index >= 15 is 0 Å². The van der Waals surface area contributed by atoms with Crippen molar-refractivity contribution < 1.29 is 9.31 Å². The van der Waals surface area contributed by atoms with Crippen LogP contribution in [0.15, 0.2) is 115 Å². The second-order valence-electron chi connectivity index (χ2n) is 13.6. The first-order valence-electron chi connectivity index (χ1n) is 15.8. The number of allylic oxidation sites excluding steroid dienone is 1. The lowest BCUT2D eigenvalue weighted by Crippen LogP contribution is -2.41. The Morgan fingerprint density at radius 2 is 1.20 bits per heavy atom. The number of rotatable bonds is 3. The Morgan fingerprint density at radius 3 is 1.86 bits per heavy atom. The molecule has 1 saturated heterocycles. The molecule has 2 nitrogen and oxygen atoms in total. The Balaban J connectivity index is 1.26. The highest BCUT2D eigenvalue weighted by Gasteiger charge is 2.51. The van der Waals surface area contributed by atoms with E-state index in [4.69, 9.17) is 9.31 Å². The zero-order valence-corrected chi connectivity index (χ0v) is 26.1. The van der Waals surface area contributed by atoms with Crippen LogP contribution in [0.4, 0.5) is 0 Å². The fourth-order valence-corrected chi connectivity index (χ4v) is 7.37. The maximum atomic E-state index is 6.38. The van der Waals surface area contributed by atoms with Crippen molar-refractivity contribution in [2.24, 2.45) is 0 Å². The third-order valence-electron chi connectivity index (χ3n) is 10.5. The molecule has 1 heterocycles. The van der Waals surface area contributed by atoms with Crippen LogP contribution in [0.25, 0.3) is 49.5 Å². The van der Waals surface area contributed by atoms with E-state index in [0.29, 0.717) is 5.92 Å². The minimum atomic E-state index is -0.359. The van der Waals surface area contributed by atoms with Gasteiger partial charge in [0, 0.05) is 5.92 Å². The van der Waals surface area contributed by atoms with Crippen LogP contribution in [0.2, 0.25) is 0 Å².